The lowest BCUT2D eigenvalue weighted by molar-refractivity contribution is -0.121. The molecule has 0 aliphatic heterocycles. The van der Waals surface area contributed by atoms with Crippen LogP contribution < -0.4 is 11.1 Å². The smallest absolute Gasteiger partial charge is 0.240 e. The summed E-state index contributed by atoms with van der Waals surface area (Å²) in [4.78, 5) is 20.1. The summed E-state index contributed by atoms with van der Waals surface area (Å²) in [6.45, 7) is 6.90. The molecule has 0 saturated heterocycles. The number of carbonyl (C=O) groups is 1. The fourth-order valence-corrected chi connectivity index (χ4v) is 2.15. The van der Waals surface area contributed by atoms with E-state index in [-0.39, 0.29) is 12.5 Å². The molecule has 0 radical (unpaired) electrons. The van der Waals surface area contributed by atoms with Crippen LogP contribution in [0.4, 0.5) is 5.82 Å². The summed E-state index contributed by atoms with van der Waals surface area (Å²) in [5, 5.41) is 3.70. The lowest BCUT2D eigenvalue weighted by atomic mass is 10.2. The van der Waals surface area contributed by atoms with E-state index in [4.69, 9.17) is 5.73 Å². The first kappa shape index (κ1) is 13.3. The summed E-state index contributed by atoms with van der Waals surface area (Å²) in [6.07, 6.45) is 2.35. The Morgan fingerprint density at radius 2 is 2.16 bits per heavy atom. The van der Waals surface area contributed by atoms with Crippen molar-refractivity contribution in [1.82, 2.24) is 19.9 Å². The molecule has 19 heavy (non-hydrogen) atoms. The van der Waals surface area contributed by atoms with Crippen LogP contribution in [0.3, 0.4) is 0 Å². The number of aromatic nitrogens is 3. The van der Waals surface area contributed by atoms with Crippen molar-refractivity contribution in [1.29, 1.82) is 0 Å². The monoisotopic (exact) mass is 261 g/mol. The summed E-state index contributed by atoms with van der Waals surface area (Å²) in [5.74, 6) is 0.442. The third kappa shape index (κ3) is 2.38. The highest BCUT2D eigenvalue weighted by Crippen LogP contribution is 2.26. The second-order valence-electron chi connectivity index (χ2n) is 4.60. The number of nitrogens with two attached hydrogens (primary N) is 1. The maximum absolute atomic E-state index is 11.9. The number of nitrogens with one attached hydrogen (secondary N) is 1. The van der Waals surface area contributed by atoms with Gasteiger partial charge in [0.1, 0.15) is 24.3 Å². The van der Waals surface area contributed by atoms with Gasteiger partial charge in [-0.3, -0.25) is 4.79 Å². The number of rotatable bonds is 4. The van der Waals surface area contributed by atoms with E-state index in [2.05, 4.69) is 15.3 Å². The van der Waals surface area contributed by atoms with Gasteiger partial charge in [-0.2, -0.15) is 0 Å². The maximum Gasteiger partial charge on any atom is 0.240 e. The van der Waals surface area contributed by atoms with Crippen molar-refractivity contribution in [2.24, 2.45) is 0 Å². The van der Waals surface area contributed by atoms with Gasteiger partial charge in [0, 0.05) is 12.2 Å². The topological polar surface area (TPSA) is 85.8 Å². The zero-order valence-electron chi connectivity index (χ0n) is 11.5. The van der Waals surface area contributed by atoms with Crippen LogP contribution in [0.1, 0.15) is 24.6 Å². The largest absolute Gasteiger partial charge is 0.383 e. The fourth-order valence-electron chi connectivity index (χ4n) is 2.15. The van der Waals surface area contributed by atoms with Crippen molar-refractivity contribution in [3.63, 3.8) is 0 Å². The molecule has 0 atom stereocenters. The number of amides is 1. The van der Waals surface area contributed by atoms with Crippen LogP contribution in [-0.4, -0.2) is 27.0 Å². The van der Waals surface area contributed by atoms with Crippen LogP contribution in [-0.2, 0) is 11.3 Å². The van der Waals surface area contributed by atoms with Gasteiger partial charge in [0.2, 0.25) is 5.91 Å². The molecule has 2 rings (SSSR count). The first-order chi connectivity index (χ1) is 9.06. The minimum absolute atomic E-state index is 0.0148. The highest BCUT2D eigenvalue weighted by molar-refractivity contribution is 5.91. The first-order valence-corrected chi connectivity index (χ1v) is 6.38. The number of carbonyl (C=O) groups excluding carboxylic acids is 1. The predicted octanol–water partition coefficient (Wildman–Crippen LogP) is 1.16. The Morgan fingerprint density at radius 3 is 2.84 bits per heavy atom. The summed E-state index contributed by atoms with van der Waals surface area (Å²) in [6, 6.07) is 0. The van der Waals surface area contributed by atoms with E-state index in [0.29, 0.717) is 18.0 Å². The summed E-state index contributed by atoms with van der Waals surface area (Å²) < 4.78 is 1.88. The molecular weight excluding hydrogens is 242 g/mol. The van der Waals surface area contributed by atoms with Crippen LogP contribution in [0.2, 0.25) is 0 Å². The highest BCUT2D eigenvalue weighted by atomic mass is 16.1. The molecular formula is C13H19N5O. The molecule has 0 aliphatic rings. The molecule has 2 aromatic rings. The van der Waals surface area contributed by atoms with Crippen molar-refractivity contribution in [3.8, 4) is 0 Å². The molecule has 102 valence electrons. The third-order valence-corrected chi connectivity index (χ3v) is 3.31. The number of nitrogens with zero attached hydrogens (tertiary/aromatic N) is 3. The number of anilines is 1. The molecule has 6 heteroatoms. The molecule has 0 aromatic carbocycles. The van der Waals surface area contributed by atoms with E-state index >= 15 is 0 Å². The number of aryl methyl sites for hydroxylation is 1. The summed E-state index contributed by atoms with van der Waals surface area (Å²) >= 11 is 0. The number of nitrogen functional groups attached to an aromatic ring is 1. The number of hydrogen-bond donors (Lipinski definition) is 2. The molecule has 6 nitrogen and oxygen atoms in total. The molecule has 2 aromatic heterocycles. The van der Waals surface area contributed by atoms with Gasteiger partial charge in [0.25, 0.3) is 0 Å². The van der Waals surface area contributed by atoms with Crippen molar-refractivity contribution in [3.05, 3.63) is 17.6 Å². The minimum atomic E-state index is -0.0148. The molecule has 0 spiro atoms. The lowest BCUT2D eigenvalue weighted by Crippen LogP contribution is -2.28. The van der Waals surface area contributed by atoms with E-state index < -0.39 is 0 Å². The predicted molar refractivity (Wildman–Crippen MR) is 74.7 cm³/mol. The molecule has 2 heterocycles. The number of hydrogen-bond acceptors (Lipinski definition) is 4. The van der Waals surface area contributed by atoms with Gasteiger partial charge in [-0.05, 0) is 25.8 Å². The van der Waals surface area contributed by atoms with Crippen LogP contribution in [0.25, 0.3) is 11.0 Å². The average Bonchev–Trinajstić information content (AvgIpc) is 2.63. The van der Waals surface area contributed by atoms with Crippen LogP contribution in [0.15, 0.2) is 6.33 Å². The zero-order valence-corrected chi connectivity index (χ0v) is 11.5. The second kappa shape index (κ2) is 5.26. The minimum Gasteiger partial charge on any atom is -0.383 e. The highest BCUT2D eigenvalue weighted by Gasteiger charge is 2.16. The molecule has 0 unspecified atom stereocenters. The van der Waals surface area contributed by atoms with E-state index in [0.717, 1.165) is 23.1 Å². The molecule has 1 amide bonds. The molecule has 0 saturated carbocycles. The van der Waals surface area contributed by atoms with Gasteiger partial charge in [0.05, 0.1) is 5.39 Å². The molecule has 0 fully saturated rings. The second-order valence-corrected chi connectivity index (χ2v) is 4.60. The van der Waals surface area contributed by atoms with Crippen LogP contribution in [0, 0.1) is 13.8 Å². The summed E-state index contributed by atoms with van der Waals surface area (Å²) in [5.41, 5.74) is 8.62. The molecule has 0 aliphatic carbocycles. The van der Waals surface area contributed by atoms with Crippen LogP contribution in [0.5, 0.6) is 0 Å². The van der Waals surface area contributed by atoms with E-state index in [9.17, 15) is 4.79 Å². The van der Waals surface area contributed by atoms with Crippen molar-refractivity contribution in [2.75, 3.05) is 12.3 Å². The first-order valence-electron chi connectivity index (χ1n) is 6.38. The molecule has 0 bridgehead atoms. The Morgan fingerprint density at radius 1 is 1.42 bits per heavy atom. The Balaban J connectivity index is 2.41. The van der Waals surface area contributed by atoms with Gasteiger partial charge < -0.3 is 15.6 Å². The Hall–Kier alpha value is -2.11. The lowest BCUT2D eigenvalue weighted by Gasteiger charge is -2.08. The average molecular weight is 261 g/mol. The normalized spacial score (nSPS) is 10.9. The van der Waals surface area contributed by atoms with Gasteiger partial charge in [0.15, 0.2) is 0 Å². The fraction of sp³-hybridized carbons (Fsp3) is 0.462. The Kier molecular flexibility index (Phi) is 3.69. The van der Waals surface area contributed by atoms with Gasteiger partial charge in [-0.25, -0.2) is 9.97 Å². The van der Waals surface area contributed by atoms with E-state index in [1.54, 1.807) is 0 Å². The van der Waals surface area contributed by atoms with E-state index in [1.165, 1.54) is 6.33 Å². The zero-order chi connectivity index (χ0) is 14.0. The molecule has 3 N–H and O–H groups in total. The van der Waals surface area contributed by atoms with E-state index in [1.807, 2.05) is 25.3 Å². The maximum atomic E-state index is 11.9. The summed E-state index contributed by atoms with van der Waals surface area (Å²) in [7, 11) is 0. The van der Waals surface area contributed by atoms with Gasteiger partial charge in [-0.1, -0.05) is 6.92 Å². The quantitative estimate of drug-likeness (QED) is 0.864. The van der Waals surface area contributed by atoms with Crippen LogP contribution >= 0.6 is 0 Å². The Labute approximate surface area is 112 Å². The standard InChI is InChI=1S/C13H19N5O/c1-4-5-15-10(19)6-18-9(3)8(2)11-12(14)16-7-17-13(11)18/h7H,4-6H2,1-3H3,(H,15,19)(H2,14,16,17). The van der Waals surface area contributed by atoms with Gasteiger partial charge >= 0.3 is 0 Å². The van der Waals surface area contributed by atoms with Crippen molar-refractivity contribution >= 4 is 22.8 Å². The SMILES string of the molecule is CCCNC(=O)Cn1c(C)c(C)c2c(N)ncnc21. The third-order valence-electron chi connectivity index (χ3n) is 3.31. The Bertz CT molecular complexity index is 617. The van der Waals surface area contributed by atoms with Gasteiger partial charge in [-0.15, -0.1) is 0 Å². The van der Waals surface area contributed by atoms with Crippen molar-refractivity contribution in [2.45, 2.75) is 33.7 Å². The van der Waals surface area contributed by atoms with Crippen molar-refractivity contribution < 1.29 is 4.79 Å². The number of fused-ring (bicyclic) bond motifs is 1.